The first kappa shape index (κ1) is 25.8. The molecule has 0 saturated heterocycles. The minimum absolute atomic E-state index is 0.0741. The van der Waals surface area contributed by atoms with Gasteiger partial charge in [-0.3, -0.25) is 13.9 Å². The second-order valence-electron chi connectivity index (χ2n) is 9.85. The van der Waals surface area contributed by atoms with Crippen LogP contribution in [-0.4, -0.2) is 43.2 Å². The second-order valence-corrected chi connectivity index (χ2v) is 11.7. The summed E-state index contributed by atoms with van der Waals surface area (Å²) in [4.78, 5) is 25.5. The van der Waals surface area contributed by atoms with Crippen LogP contribution in [0.25, 0.3) is 0 Å². The highest BCUT2D eigenvalue weighted by atomic mass is 32.2. The smallest absolute Gasteiger partial charge is 0.264 e. The van der Waals surface area contributed by atoms with E-state index in [-0.39, 0.29) is 23.1 Å². The number of nitrogens with one attached hydrogen (secondary N) is 3. The van der Waals surface area contributed by atoms with Crippen LogP contribution in [0.15, 0.2) is 59.8 Å². The van der Waals surface area contributed by atoms with Crippen molar-refractivity contribution < 1.29 is 18.0 Å². The van der Waals surface area contributed by atoms with Gasteiger partial charge in [0.25, 0.3) is 10.0 Å². The van der Waals surface area contributed by atoms with Gasteiger partial charge in [0.2, 0.25) is 11.8 Å². The predicted octanol–water partition coefficient (Wildman–Crippen LogP) is 3.09. The lowest BCUT2D eigenvalue weighted by Crippen LogP contribution is -2.51. The standard InChI is InChI=1S/C27H34N4O4S/c1-18(2)30-24-6-4-5-21-15-20(9-12-23(21)24)17-29-26(32)16-25-27(33)28-13-14-31(25)36(34,35)22-10-7-19(3)8-11-22/h4-8,10-11,13-14,18,20,25,30H,9,12,15-17H2,1-3H3,(H,28,33)(H,29,32). The normalized spacial score (nSPS) is 19.6. The Hall–Kier alpha value is -3.33. The molecular formula is C27H34N4O4S. The Morgan fingerprint density at radius 3 is 2.64 bits per heavy atom. The summed E-state index contributed by atoms with van der Waals surface area (Å²) in [6.45, 7) is 6.59. The molecular weight excluding hydrogens is 476 g/mol. The third kappa shape index (κ3) is 5.73. The molecule has 1 aliphatic heterocycles. The number of sulfonamides is 1. The van der Waals surface area contributed by atoms with Gasteiger partial charge in [-0.1, -0.05) is 29.8 Å². The number of hydrogen-bond acceptors (Lipinski definition) is 5. The summed E-state index contributed by atoms with van der Waals surface area (Å²) in [5.41, 5.74) is 4.74. The second kappa shape index (κ2) is 10.7. The first-order valence-corrected chi connectivity index (χ1v) is 13.8. The van der Waals surface area contributed by atoms with Crippen LogP contribution in [0.1, 0.15) is 43.4 Å². The largest absolute Gasteiger partial charge is 0.383 e. The van der Waals surface area contributed by atoms with Gasteiger partial charge in [-0.05, 0) is 75.3 Å². The first-order valence-electron chi connectivity index (χ1n) is 12.4. The molecule has 0 saturated carbocycles. The van der Waals surface area contributed by atoms with Crippen LogP contribution in [0.2, 0.25) is 0 Å². The van der Waals surface area contributed by atoms with Crippen LogP contribution in [0.3, 0.4) is 0 Å². The molecule has 2 amide bonds. The number of benzene rings is 2. The molecule has 4 rings (SSSR count). The van der Waals surface area contributed by atoms with E-state index in [0.29, 0.717) is 12.6 Å². The van der Waals surface area contributed by atoms with Crippen molar-refractivity contribution in [2.75, 3.05) is 11.9 Å². The highest BCUT2D eigenvalue weighted by Crippen LogP contribution is 2.31. The Morgan fingerprint density at radius 1 is 1.17 bits per heavy atom. The molecule has 3 N–H and O–H groups in total. The number of rotatable bonds is 8. The number of fused-ring (bicyclic) bond motifs is 1. The Kier molecular flexibility index (Phi) is 7.68. The zero-order chi connectivity index (χ0) is 25.9. The fourth-order valence-corrected chi connectivity index (χ4v) is 6.23. The summed E-state index contributed by atoms with van der Waals surface area (Å²) >= 11 is 0. The maximum absolute atomic E-state index is 13.2. The molecule has 0 aromatic heterocycles. The highest BCUT2D eigenvalue weighted by molar-refractivity contribution is 7.89. The van der Waals surface area contributed by atoms with Gasteiger partial charge in [0.15, 0.2) is 0 Å². The highest BCUT2D eigenvalue weighted by Gasteiger charge is 2.37. The Morgan fingerprint density at radius 2 is 1.92 bits per heavy atom. The molecule has 0 fully saturated rings. The van der Waals surface area contributed by atoms with Crippen molar-refractivity contribution in [2.45, 2.75) is 63.4 Å². The number of hydrogen-bond donors (Lipinski definition) is 3. The van der Waals surface area contributed by atoms with Crippen molar-refractivity contribution in [1.29, 1.82) is 0 Å². The fraction of sp³-hybridized carbons (Fsp3) is 0.407. The lowest BCUT2D eigenvalue weighted by atomic mass is 9.83. The molecule has 0 spiro atoms. The van der Waals surface area contributed by atoms with E-state index in [2.05, 4.69) is 48.0 Å². The van der Waals surface area contributed by atoms with Gasteiger partial charge in [-0.15, -0.1) is 0 Å². The van der Waals surface area contributed by atoms with Gasteiger partial charge in [0, 0.05) is 30.7 Å². The minimum atomic E-state index is -3.99. The Labute approximate surface area is 213 Å². The number of carbonyl (C=O) groups is 2. The molecule has 2 aliphatic rings. The van der Waals surface area contributed by atoms with Crippen LogP contribution in [-0.2, 0) is 32.5 Å². The summed E-state index contributed by atoms with van der Waals surface area (Å²) < 4.78 is 27.4. The van der Waals surface area contributed by atoms with Crippen LogP contribution in [0.5, 0.6) is 0 Å². The van der Waals surface area contributed by atoms with Crippen molar-refractivity contribution in [1.82, 2.24) is 14.9 Å². The number of nitrogens with zero attached hydrogens (tertiary/aromatic N) is 1. The number of carbonyl (C=O) groups excluding carboxylic acids is 2. The van der Waals surface area contributed by atoms with Crippen molar-refractivity contribution in [3.05, 3.63) is 71.6 Å². The molecule has 2 unspecified atom stereocenters. The van der Waals surface area contributed by atoms with Crippen molar-refractivity contribution in [3.63, 3.8) is 0 Å². The minimum Gasteiger partial charge on any atom is -0.383 e. The van der Waals surface area contributed by atoms with E-state index >= 15 is 0 Å². The maximum Gasteiger partial charge on any atom is 0.264 e. The zero-order valence-corrected chi connectivity index (χ0v) is 21.8. The van der Waals surface area contributed by atoms with E-state index < -0.39 is 22.0 Å². The molecule has 2 aromatic carbocycles. The van der Waals surface area contributed by atoms with Crippen molar-refractivity contribution in [3.8, 4) is 0 Å². The molecule has 192 valence electrons. The third-order valence-electron chi connectivity index (χ3n) is 6.65. The van der Waals surface area contributed by atoms with E-state index in [1.165, 1.54) is 41.3 Å². The number of aryl methyl sites for hydroxylation is 1. The summed E-state index contributed by atoms with van der Waals surface area (Å²) in [6.07, 6.45) is 5.07. The number of anilines is 1. The van der Waals surface area contributed by atoms with Gasteiger partial charge in [-0.25, -0.2) is 8.42 Å². The van der Waals surface area contributed by atoms with E-state index in [0.717, 1.165) is 29.1 Å². The predicted molar refractivity (Wildman–Crippen MR) is 140 cm³/mol. The van der Waals surface area contributed by atoms with Gasteiger partial charge in [-0.2, -0.15) is 0 Å². The van der Waals surface area contributed by atoms with Crippen LogP contribution >= 0.6 is 0 Å². The van der Waals surface area contributed by atoms with Crippen LogP contribution in [0.4, 0.5) is 5.69 Å². The molecule has 2 atom stereocenters. The van der Waals surface area contributed by atoms with Gasteiger partial charge >= 0.3 is 0 Å². The Bertz CT molecular complexity index is 1260. The average Bonchev–Trinajstić information content (AvgIpc) is 2.84. The van der Waals surface area contributed by atoms with Crippen molar-refractivity contribution >= 4 is 27.5 Å². The summed E-state index contributed by atoms with van der Waals surface area (Å²) in [7, 11) is -3.99. The Balaban J connectivity index is 1.39. The third-order valence-corrected chi connectivity index (χ3v) is 8.45. The van der Waals surface area contributed by atoms with Crippen molar-refractivity contribution in [2.24, 2.45) is 5.92 Å². The summed E-state index contributed by atoms with van der Waals surface area (Å²) in [5, 5.41) is 8.97. The van der Waals surface area contributed by atoms with Gasteiger partial charge in [0.05, 0.1) is 11.3 Å². The lowest BCUT2D eigenvalue weighted by molar-refractivity contribution is -0.129. The van der Waals surface area contributed by atoms with Crippen LogP contribution in [0, 0.1) is 12.8 Å². The summed E-state index contributed by atoms with van der Waals surface area (Å²) in [6, 6.07) is 11.9. The first-order chi connectivity index (χ1) is 17.1. The molecule has 1 heterocycles. The van der Waals surface area contributed by atoms with Gasteiger partial charge < -0.3 is 16.0 Å². The zero-order valence-electron chi connectivity index (χ0n) is 21.0. The monoisotopic (exact) mass is 510 g/mol. The molecule has 36 heavy (non-hydrogen) atoms. The molecule has 0 bridgehead atoms. The average molecular weight is 511 g/mol. The molecule has 1 aliphatic carbocycles. The van der Waals surface area contributed by atoms with E-state index in [1.807, 2.05) is 6.92 Å². The molecule has 2 aromatic rings. The number of amides is 2. The fourth-order valence-electron chi connectivity index (χ4n) is 4.78. The van der Waals surface area contributed by atoms with E-state index in [4.69, 9.17) is 0 Å². The van der Waals surface area contributed by atoms with E-state index in [1.54, 1.807) is 12.1 Å². The van der Waals surface area contributed by atoms with Gasteiger partial charge in [0.1, 0.15) is 6.04 Å². The topological polar surface area (TPSA) is 108 Å². The summed E-state index contributed by atoms with van der Waals surface area (Å²) in [5.74, 6) is -0.598. The quantitative estimate of drug-likeness (QED) is 0.506. The molecule has 9 heteroatoms. The maximum atomic E-state index is 13.2. The lowest BCUT2D eigenvalue weighted by Gasteiger charge is -2.31. The molecule has 8 nitrogen and oxygen atoms in total. The van der Waals surface area contributed by atoms with Crippen LogP contribution < -0.4 is 16.0 Å². The van der Waals surface area contributed by atoms with E-state index in [9.17, 15) is 18.0 Å². The SMILES string of the molecule is Cc1ccc(S(=O)(=O)N2C=CNC(=O)C2CC(=O)NCC2CCc3c(cccc3NC(C)C)C2)cc1. The molecule has 0 radical (unpaired) electrons.